The van der Waals surface area contributed by atoms with Crippen molar-refractivity contribution in [2.45, 2.75) is 38.5 Å². The number of carbonyl (C=O) groups is 1. The zero-order valence-electron chi connectivity index (χ0n) is 19.7. The van der Waals surface area contributed by atoms with Crippen molar-refractivity contribution in [2.24, 2.45) is 11.8 Å². The van der Waals surface area contributed by atoms with Crippen molar-refractivity contribution in [1.82, 2.24) is 15.0 Å². The molecule has 6 rings (SSSR count). The summed E-state index contributed by atoms with van der Waals surface area (Å²) < 4.78 is 1.99. The number of carbonyl (C=O) groups excluding carboxylic acids is 1. The smallest absolute Gasteiger partial charge is 0.233 e. The predicted molar refractivity (Wildman–Crippen MR) is 128 cm³/mol. The van der Waals surface area contributed by atoms with Gasteiger partial charge in [0.2, 0.25) is 5.91 Å². The van der Waals surface area contributed by atoms with Crippen LogP contribution in [0.1, 0.15) is 24.1 Å². The summed E-state index contributed by atoms with van der Waals surface area (Å²) in [5.41, 5.74) is 3.00. The average Bonchev–Trinajstić information content (AvgIpc) is 3.26. The van der Waals surface area contributed by atoms with E-state index in [9.17, 15) is 9.90 Å². The van der Waals surface area contributed by atoms with Crippen LogP contribution in [0, 0.1) is 11.8 Å². The molecule has 178 valence electrons. The standard InChI is InChI=1S/C26H32N6O2/c1-30(14-19-6-3-2-4-7-19)15-22-16-32(29-28-22)17-23-12-20-10-11-31(23)18-25(20)26(34)27-21-8-5-9-24(33)13-21/h2-9,13,16,20,23,25,33H,10-12,14-15,17-18H2,1H3,(H,27,34)/p+2/t20-,23-,25+/m1/s1. The molecule has 8 nitrogen and oxygen atoms in total. The van der Waals surface area contributed by atoms with E-state index in [1.165, 1.54) is 15.4 Å². The van der Waals surface area contributed by atoms with Gasteiger partial charge in [0, 0.05) is 30.2 Å². The summed E-state index contributed by atoms with van der Waals surface area (Å²) in [5, 5.41) is 21.5. The lowest BCUT2D eigenvalue weighted by molar-refractivity contribution is -0.945. The minimum absolute atomic E-state index is 0.0175. The lowest BCUT2D eigenvalue weighted by atomic mass is 9.75. The number of aromatic hydroxyl groups is 1. The van der Waals surface area contributed by atoms with Crippen LogP contribution in [0.5, 0.6) is 5.75 Å². The number of nitrogens with zero attached hydrogens (tertiary/aromatic N) is 3. The molecule has 3 aromatic rings. The number of anilines is 1. The van der Waals surface area contributed by atoms with E-state index in [1.807, 2.05) is 16.8 Å². The Kier molecular flexibility index (Phi) is 6.60. The van der Waals surface area contributed by atoms with Gasteiger partial charge in [0.15, 0.2) is 0 Å². The van der Waals surface area contributed by atoms with Crippen LogP contribution in [0.3, 0.4) is 0 Å². The third-order valence-corrected chi connectivity index (χ3v) is 7.33. The number of benzene rings is 2. The lowest BCUT2D eigenvalue weighted by Crippen LogP contribution is -3.20. The largest absolute Gasteiger partial charge is 0.508 e. The highest BCUT2D eigenvalue weighted by Gasteiger charge is 2.46. The first-order valence-electron chi connectivity index (χ1n) is 12.2. The predicted octanol–water partition coefficient (Wildman–Crippen LogP) is 0.131. The normalized spacial score (nSPS) is 24.6. The molecule has 2 bridgehead atoms. The fourth-order valence-corrected chi connectivity index (χ4v) is 5.69. The fourth-order valence-electron chi connectivity index (χ4n) is 5.69. The first-order chi connectivity index (χ1) is 16.5. The van der Waals surface area contributed by atoms with E-state index in [4.69, 9.17) is 0 Å². The highest BCUT2D eigenvalue weighted by atomic mass is 16.3. The van der Waals surface area contributed by atoms with Crippen LogP contribution in [-0.2, 0) is 24.4 Å². The van der Waals surface area contributed by atoms with Gasteiger partial charge in [0.05, 0.1) is 38.8 Å². The number of rotatable bonds is 8. The van der Waals surface area contributed by atoms with E-state index in [0.29, 0.717) is 17.6 Å². The Morgan fingerprint density at radius 1 is 1.21 bits per heavy atom. The Labute approximate surface area is 200 Å². The number of fused-ring (bicyclic) bond motifs is 3. The number of piperidine rings is 3. The first-order valence-corrected chi connectivity index (χ1v) is 12.2. The molecule has 3 aliphatic heterocycles. The maximum Gasteiger partial charge on any atom is 0.233 e. The number of aromatic nitrogens is 3. The van der Waals surface area contributed by atoms with Crippen LogP contribution < -0.4 is 15.1 Å². The molecule has 0 spiro atoms. The average molecular weight is 463 g/mol. The van der Waals surface area contributed by atoms with E-state index in [0.717, 1.165) is 51.3 Å². The van der Waals surface area contributed by atoms with Gasteiger partial charge in [-0.3, -0.25) is 4.79 Å². The molecule has 0 saturated carbocycles. The van der Waals surface area contributed by atoms with Crippen LogP contribution in [0.2, 0.25) is 0 Å². The molecule has 4 N–H and O–H groups in total. The van der Waals surface area contributed by atoms with Crippen molar-refractivity contribution in [3.63, 3.8) is 0 Å². The molecule has 2 aromatic carbocycles. The molecule has 34 heavy (non-hydrogen) atoms. The maximum absolute atomic E-state index is 12.9. The third-order valence-electron chi connectivity index (χ3n) is 7.33. The summed E-state index contributed by atoms with van der Waals surface area (Å²) in [4.78, 5) is 15.8. The minimum Gasteiger partial charge on any atom is -0.508 e. The molecule has 2 unspecified atom stereocenters. The second-order valence-corrected chi connectivity index (χ2v) is 9.97. The van der Waals surface area contributed by atoms with E-state index < -0.39 is 0 Å². The van der Waals surface area contributed by atoms with Gasteiger partial charge in [0.1, 0.15) is 30.6 Å². The van der Waals surface area contributed by atoms with Gasteiger partial charge in [0.25, 0.3) is 0 Å². The van der Waals surface area contributed by atoms with Crippen LogP contribution in [-0.4, -0.2) is 52.2 Å². The Hall–Kier alpha value is -3.23. The number of hydrogen-bond donors (Lipinski definition) is 4. The number of nitrogens with one attached hydrogen (secondary N) is 3. The van der Waals surface area contributed by atoms with Crippen molar-refractivity contribution in [1.29, 1.82) is 0 Å². The van der Waals surface area contributed by atoms with Crippen LogP contribution in [0.15, 0.2) is 60.8 Å². The highest BCUT2D eigenvalue weighted by Crippen LogP contribution is 2.29. The van der Waals surface area contributed by atoms with Crippen LogP contribution >= 0.6 is 0 Å². The third kappa shape index (κ3) is 5.29. The molecule has 8 heteroatoms. The van der Waals surface area contributed by atoms with Gasteiger partial charge in [-0.1, -0.05) is 41.6 Å². The maximum atomic E-state index is 12.9. The Balaban J connectivity index is 1.14. The zero-order chi connectivity index (χ0) is 23.5. The van der Waals surface area contributed by atoms with Crippen molar-refractivity contribution in [3.05, 3.63) is 72.1 Å². The van der Waals surface area contributed by atoms with Gasteiger partial charge in [-0.05, 0) is 18.1 Å². The van der Waals surface area contributed by atoms with Crippen molar-refractivity contribution >= 4 is 11.6 Å². The summed E-state index contributed by atoms with van der Waals surface area (Å²) in [5.74, 6) is 0.643. The van der Waals surface area contributed by atoms with Gasteiger partial charge >= 0.3 is 0 Å². The molecule has 0 aliphatic carbocycles. The molecular weight excluding hydrogens is 428 g/mol. The molecule has 5 atom stereocenters. The van der Waals surface area contributed by atoms with Crippen molar-refractivity contribution in [2.75, 3.05) is 25.5 Å². The summed E-state index contributed by atoms with van der Waals surface area (Å²) >= 11 is 0. The number of amides is 1. The second kappa shape index (κ2) is 9.95. The highest BCUT2D eigenvalue weighted by molar-refractivity contribution is 5.93. The number of phenolic OH excluding ortho intramolecular Hbond substituents is 1. The van der Waals surface area contributed by atoms with Crippen LogP contribution in [0.25, 0.3) is 0 Å². The van der Waals surface area contributed by atoms with E-state index in [2.05, 4.69) is 53.1 Å². The summed E-state index contributed by atoms with van der Waals surface area (Å²) in [6, 6.07) is 17.8. The Morgan fingerprint density at radius 3 is 2.82 bits per heavy atom. The number of hydrogen-bond acceptors (Lipinski definition) is 4. The summed E-state index contributed by atoms with van der Waals surface area (Å²) in [6.07, 6.45) is 4.20. The van der Waals surface area contributed by atoms with Crippen molar-refractivity contribution < 1.29 is 19.7 Å². The van der Waals surface area contributed by atoms with E-state index in [-0.39, 0.29) is 17.6 Å². The van der Waals surface area contributed by atoms with Gasteiger partial charge in [-0.2, -0.15) is 0 Å². The zero-order valence-corrected chi connectivity index (χ0v) is 19.7. The van der Waals surface area contributed by atoms with E-state index in [1.54, 1.807) is 18.2 Å². The topological polar surface area (TPSA) is 88.9 Å². The number of phenols is 1. The van der Waals surface area contributed by atoms with E-state index >= 15 is 0 Å². The summed E-state index contributed by atoms with van der Waals surface area (Å²) in [6.45, 7) is 4.61. The Bertz CT molecular complexity index is 1120. The molecular formula is C26H34N6O2+2. The van der Waals surface area contributed by atoms with Gasteiger partial charge in [-0.25, -0.2) is 4.68 Å². The van der Waals surface area contributed by atoms with Crippen molar-refractivity contribution in [3.8, 4) is 5.75 Å². The molecule has 4 heterocycles. The molecule has 3 fully saturated rings. The first kappa shape index (κ1) is 22.6. The molecule has 3 aliphatic rings. The molecule has 0 radical (unpaired) electrons. The number of quaternary nitrogens is 2. The minimum atomic E-state index is 0.0175. The van der Waals surface area contributed by atoms with Gasteiger partial charge < -0.3 is 20.2 Å². The summed E-state index contributed by atoms with van der Waals surface area (Å²) in [7, 11) is 2.18. The molecule has 3 saturated heterocycles. The van der Waals surface area contributed by atoms with Gasteiger partial charge in [-0.15, -0.1) is 5.10 Å². The lowest BCUT2D eigenvalue weighted by Gasteiger charge is -2.46. The SMILES string of the molecule is C[NH+](Cc1ccccc1)Cc1cn(C[C@H]2C[C@H]3CC[NH+]2C[C@@H]3C(=O)Nc2cccc(O)c2)nn1. The van der Waals surface area contributed by atoms with Crippen LogP contribution in [0.4, 0.5) is 5.69 Å². The quantitative estimate of drug-likeness (QED) is 0.383. The molecule has 1 aromatic heterocycles. The Morgan fingerprint density at radius 2 is 2.06 bits per heavy atom. The monoisotopic (exact) mass is 462 g/mol. The molecule has 1 amide bonds. The second-order valence-electron chi connectivity index (χ2n) is 9.97. The fraction of sp³-hybridized carbons (Fsp3) is 0.423.